The molecular weight excluding hydrogens is 428 g/mol. The molecule has 1 aromatic carbocycles. The van der Waals surface area contributed by atoms with Crippen molar-refractivity contribution in [3.05, 3.63) is 64.7 Å². The fourth-order valence-corrected chi connectivity index (χ4v) is 5.05. The first-order valence-corrected chi connectivity index (χ1v) is 11.7. The molecular formula is C26H30N6O2. The van der Waals surface area contributed by atoms with E-state index in [4.69, 9.17) is 10.1 Å². The number of pyridine rings is 1. The van der Waals surface area contributed by atoms with Crippen molar-refractivity contribution in [3.63, 3.8) is 0 Å². The molecule has 0 aliphatic carbocycles. The number of rotatable bonds is 6. The van der Waals surface area contributed by atoms with Crippen LogP contribution in [0.2, 0.25) is 0 Å². The molecule has 3 aromatic rings. The Hall–Kier alpha value is -3.68. The first-order valence-electron chi connectivity index (χ1n) is 11.7. The minimum atomic E-state index is 0.0204. The minimum absolute atomic E-state index is 0.0204. The van der Waals surface area contributed by atoms with Crippen LogP contribution < -0.4 is 4.74 Å². The Morgan fingerprint density at radius 2 is 1.88 bits per heavy atom. The topological polar surface area (TPSA) is 87.3 Å². The molecule has 0 unspecified atom stereocenters. The molecule has 2 aliphatic rings. The molecule has 0 radical (unpaired) electrons. The maximum atomic E-state index is 13.7. The number of amidine groups is 1. The Balaban J connectivity index is 1.52. The molecule has 4 heterocycles. The number of hydrogen-bond acceptors (Lipinski definition) is 5. The first-order chi connectivity index (χ1) is 16.4. The van der Waals surface area contributed by atoms with Gasteiger partial charge in [0.05, 0.1) is 30.9 Å². The quantitative estimate of drug-likeness (QED) is 0.610. The molecule has 0 atom stereocenters. The largest absolute Gasteiger partial charge is 0.497 e. The third-order valence-corrected chi connectivity index (χ3v) is 6.74. The van der Waals surface area contributed by atoms with Crippen LogP contribution in [0.1, 0.15) is 45.7 Å². The van der Waals surface area contributed by atoms with Crippen molar-refractivity contribution in [3.8, 4) is 16.9 Å². The van der Waals surface area contributed by atoms with E-state index >= 15 is 0 Å². The molecule has 1 N–H and O–H groups in total. The number of aryl methyl sites for hydroxylation is 2. The van der Waals surface area contributed by atoms with Gasteiger partial charge < -0.3 is 14.5 Å². The van der Waals surface area contributed by atoms with Gasteiger partial charge in [-0.1, -0.05) is 0 Å². The zero-order valence-corrected chi connectivity index (χ0v) is 20.0. The van der Waals surface area contributed by atoms with Gasteiger partial charge in [0.15, 0.2) is 0 Å². The SMILES string of the molecule is COc1ccnc(CN2CCc3c(cc(CN4CCCC4=N)cc3-c3cn(C)nc3C)C2=O)c1. The zero-order valence-electron chi connectivity index (χ0n) is 20.0. The molecule has 5 rings (SSSR count). The molecule has 8 nitrogen and oxygen atoms in total. The fraction of sp³-hybridized carbons (Fsp3) is 0.385. The normalized spacial score (nSPS) is 15.7. The van der Waals surface area contributed by atoms with Gasteiger partial charge in [-0.25, -0.2) is 0 Å². The number of fused-ring (bicyclic) bond motifs is 1. The fourth-order valence-electron chi connectivity index (χ4n) is 5.05. The summed E-state index contributed by atoms with van der Waals surface area (Å²) in [5.74, 6) is 1.43. The van der Waals surface area contributed by atoms with Crippen molar-refractivity contribution in [1.82, 2.24) is 24.6 Å². The van der Waals surface area contributed by atoms with Crippen LogP contribution in [0.25, 0.3) is 11.1 Å². The van der Waals surface area contributed by atoms with E-state index in [1.165, 1.54) is 0 Å². The number of aromatic nitrogens is 3. The Bertz CT molecular complexity index is 1260. The molecule has 1 saturated heterocycles. The van der Waals surface area contributed by atoms with Crippen LogP contribution in [-0.4, -0.2) is 56.5 Å². The number of nitrogens with one attached hydrogen (secondary N) is 1. The van der Waals surface area contributed by atoms with Crippen molar-refractivity contribution >= 4 is 11.7 Å². The highest BCUT2D eigenvalue weighted by atomic mass is 16.5. The number of methoxy groups -OCH3 is 1. The lowest BCUT2D eigenvalue weighted by molar-refractivity contribution is 0.0724. The van der Waals surface area contributed by atoms with E-state index in [0.29, 0.717) is 25.5 Å². The number of nitrogens with zero attached hydrogens (tertiary/aromatic N) is 5. The lowest BCUT2D eigenvalue weighted by Gasteiger charge is -2.31. The maximum absolute atomic E-state index is 13.7. The van der Waals surface area contributed by atoms with E-state index in [1.54, 1.807) is 13.3 Å². The number of carbonyl (C=O) groups is 1. The summed E-state index contributed by atoms with van der Waals surface area (Å²) in [7, 11) is 3.55. The number of hydrogen-bond donors (Lipinski definition) is 1. The summed E-state index contributed by atoms with van der Waals surface area (Å²) in [5, 5.41) is 12.8. The molecule has 8 heteroatoms. The standard InChI is InChI=1S/C26H30N6O2/c1-17-24(16-30(2)29-17)22-11-18(14-31-9-4-5-25(31)27)12-23-21(22)7-10-32(26(23)33)15-19-13-20(34-3)6-8-28-19/h6,8,11-13,16,27H,4-5,7,9-10,14-15H2,1-3H3. The Labute approximate surface area is 199 Å². The van der Waals surface area contributed by atoms with E-state index in [1.807, 2.05) is 47.9 Å². The summed E-state index contributed by atoms with van der Waals surface area (Å²) in [4.78, 5) is 22.1. The highest BCUT2D eigenvalue weighted by Crippen LogP contribution is 2.34. The second kappa shape index (κ2) is 8.93. The number of likely N-dealkylation sites (tertiary alicyclic amines) is 1. The summed E-state index contributed by atoms with van der Waals surface area (Å²) in [6.45, 7) is 4.61. The van der Waals surface area contributed by atoms with Crippen LogP contribution in [-0.2, 0) is 26.6 Å². The minimum Gasteiger partial charge on any atom is -0.497 e. The Morgan fingerprint density at radius 1 is 1.06 bits per heavy atom. The molecule has 1 fully saturated rings. The molecule has 1 amide bonds. The zero-order chi connectivity index (χ0) is 23.8. The third-order valence-electron chi connectivity index (χ3n) is 6.74. The summed E-state index contributed by atoms with van der Waals surface area (Å²) in [5.41, 5.74) is 6.78. The van der Waals surface area contributed by atoms with Crippen LogP contribution in [0, 0.1) is 12.3 Å². The molecule has 0 bridgehead atoms. The van der Waals surface area contributed by atoms with Gasteiger partial charge in [-0.15, -0.1) is 0 Å². The van der Waals surface area contributed by atoms with Gasteiger partial charge in [-0.2, -0.15) is 5.10 Å². The van der Waals surface area contributed by atoms with Gasteiger partial charge in [-0.3, -0.25) is 19.9 Å². The lowest BCUT2D eigenvalue weighted by Crippen LogP contribution is -2.37. The first kappa shape index (κ1) is 22.1. The summed E-state index contributed by atoms with van der Waals surface area (Å²) in [6, 6.07) is 7.91. The average molecular weight is 459 g/mol. The second-order valence-electron chi connectivity index (χ2n) is 9.11. The van der Waals surface area contributed by atoms with Gasteiger partial charge >= 0.3 is 0 Å². The molecule has 2 aromatic heterocycles. The Kier molecular flexibility index (Phi) is 5.81. The number of amides is 1. The van der Waals surface area contributed by atoms with Gasteiger partial charge in [0.2, 0.25) is 0 Å². The van der Waals surface area contributed by atoms with Gasteiger partial charge in [0.25, 0.3) is 5.91 Å². The Morgan fingerprint density at radius 3 is 2.59 bits per heavy atom. The van der Waals surface area contributed by atoms with E-state index in [0.717, 1.165) is 70.8 Å². The van der Waals surface area contributed by atoms with Crippen LogP contribution in [0.5, 0.6) is 5.75 Å². The number of benzene rings is 1. The van der Waals surface area contributed by atoms with Crippen molar-refractivity contribution in [1.29, 1.82) is 5.41 Å². The molecule has 0 saturated carbocycles. The van der Waals surface area contributed by atoms with E-state index < -0.39 is 0 Å². The predicted octanol–water partition coefficient (Wildman–Crippen LogP) is 3.57. The average Bonchev–Trinajstić information content (AvgIpc) is 3.39. The highest BCUT2D eigenvalue weighted by molar-refractivity contribution is 5.99. The number of ether oxygens (including phenoxy) is 1. The van der Waals surface area contributed by atoms with Crippen LogP contribution >= 0.6 is 0 Å². The molecule has 176 valence electrons. The summed E-state index contributed by atoms with van der Waals surface area (Å²) >= 11 is 0. The number of carbonyl (C=O) groups excluding carboxylic acids is 1. The predicted molar refractivity (Wildman–Crippen MR) is 130 cm³/mol. The van der Waals surface area contributed by atoms with Crippen LogP contribution in [0.3, 0.4) is 0 Å². The third kappa shape index (κ3) is 4.16. The van der Waals surface area contributed by atoms with Gasteiger partial charge in [0, 0.05) is 62.7 Å². The smallest absolute Gasteiger partial charge is 0.254 e. The van der Waals surface area contributed by atoms with Crippen molar-refractivity contribution in [2.75, 3.05) is 20.2 Å². The van der Waals surface area contributed by atoms with Gasteiger partial charge in [-0.05, 0) is 54.7 Å². The van der Waals surface area contributed by atoms with Crippen molar-refractivity contribution in [2.45, 2.75) is 39.3 Å². The molecule has 2 aliphatic heterocycles. The van der Waals surface area contributed by atoms with Gasteiger partial charge in [0.1, 0.15) is 5.75 Å². The lowest BCUT2D eigenvalue weighted by atomic mass is 9.88. The maximum Gasteiger partial charge on any atom is 0.254 e. The van der Waals surface area contributed by atoms with E-state index in [2.05, 4.69) is 21.0 Å². The van der Waals surface area contributed by atoms with E-state index in [9.17, 15) is 4.79 Å². The molecule has 34 heavy (non-hydrogen) atoms. The summed E-state index contributed by atoms with van der Waals surface area (Å²) in [6.07, 6.45) is 6.35. The van der Waals surface area contributed by atoms with Crippen LogP contribution in [0.4, 0.5) is 0 Å². The second-order valence-corrected chi connectivity index (χ2v) is 9.11. The highest BCUT2D eigenvalue weighted by Gasteiger charge is 2.29. The van der Waals surface area contributed by atoms with Crippen LogP contribution in [0.15, 0.2) is 36.7 Å². The van der Waals surface area contributed by atoms with Crippen molar-refractivity contribution in [2.24, 2.45) is 7.05 Å². The van der Waals surface area contributed by atoms with Crippen molar-refractivity contribution < 1.29 is 9.53 Å². The van der Waals surface area contributed by atoms with E-state index in [-0.39, 0.29) is 5.91 Å². The monoisotopic (exact) mass is 458 g/mol. The molecule has 0 spiro atoms. The summed E-state index contributed by atoms with van der Waals surface area (Å²) < 4.78 is 7.14.